The molecule has 1 spiro atoms. The number of hydrogen-bond donors (Lipinski definition) is 0. The van der Waals surface area contributed by atoms with Crippen molar-refractivity contribution in [3.63, 3.8) is 0 Å². The first-order valence-electron chi connectivity index (χ1n) is 8.61. The maximum absolute atomic E-state index is 5.55. The van der Waals surface area contributed by atoms with Crippen molar-refractivity contribution in [2.75, 3.05) is 39.9 Å². The standard InChI is InChI=1S/C18H30N2O2/c1-15(2)20-8-6-18(7-9-20)14-19(11-16(18)13-21-3)12-17-5-4-10-22-17/h4-5,10,15-16H,6-9,11-14H2,1-3H3/t16-/m0/s1. The summed E-state index contributed by atoms with van der Waals surface area (Å²) in [4.78, 5) is 5.18. The second-order valence-corrected chi connectivity index (χ2v) is 7.39. The molecule has 1 atom stereocenters. The quantitative estimate of drug-likeness (QED) is 0.836. The molecular formula is C18H30N2O2. The van der Waals surface area contributed by atoms with Gasteiger partial charge in [-0.3, -0.25) is 4.90 Å². The molecule has 0 N–H and O–H groups in total. The monoisotopic (exact) mass is 306 g/mol. The van der Waals surface area contributed by atoms with Crippen molar-refractivity contribution in [1.82, 2.24) is 9.80 Å². The van der Waals surface area contributed by atoms with Crippen molar-refractivity contribution >= 4 is 0 Å². The van der Waals surface area contributed by atoms with Crippen molar-refractivity contribution in [3.05, 3.63) is 24.2 Å². The molecule has 0 aliphatic carbocycles. The summed E-state index contributed by atoms with van der Waals surface area (Å²) in [5, 5.41) is 0. The van der Waals surface area contributed by atoms with E-state index >= 15 is 0 Å². The molecule has 3 rings (SSSR count). The molecule has 4 nitrogen and oxygen atoms in total. The Morgan fingerprint density at radius 1 is 1.36 bits per heavy atom. The third-order valence-electron chi connectivity index (χ3n) is 5.73. The second-order valence-electron chi connectivity index (χ2n) is 7.39. The van der Waals surface area contributed by atoms with Gasteiger partial charge in [-0.25, -0.2) is 0 Å². The van der Waals surface area contributed by atoms with Crippen molar-refractivity contribution in [1.29, 1.82) is 0 Å². The highest BCUT2D eigenvalue weighted by Crippen LogP contribution is 2.45. The average Bonchev–Trinajstić information content (AvgIpc) is 3.10. The van der Waals surface area contributed by atoms with Crippen LogP contribution in [-0.4, -0.2) is 55.7 Å². The summed E-state index contributed by atoms with van der Waals surface area (Å²) in [6.07, 6.45) is 4.37. The molecule has 22 heavy (non-hydrogen) atoms. The van der Waals surface area contributed by atoms with Crippen LogP contribution < -0.4 is 0 Å². The van der Waals surface area contributed by atoms with E-state index in [9.17, 15) is 0 Å². The van der Waals surface area contributed by atoms with Crippen LogP contribution in [0.4, 0.5) is 0 Å². The minimum Gasteiger partial charge on any atom is -0.468 e. The van der Waals surface area contributed by atoms with Gasteiger partial charge in [0, 0.05) is 32.2 Å². The summed E-state index contributed by atoms with van der Waals surface area (Å²) >= 11 is 0. The van der Waals surface area contributed by atoms with E-state index in [0.29, 0.717) is 17.4 Å². The Morgan fingerprint density at radius 2 is 2.14 bits per heavy atom. The van der Waals surface area contributed by atoms with Gasteiger partial charge in [0.1, 0.15) is 5.76 Å². The zero-order valence-corrected chi connectivity index (χ0v) is 14.3. The van der Waals surface area contributed by atoms with Crippen LogP contribution >= 0.6 is 0 Å². The lowest BCUT2D eigenvalue weighted by atomic mass is 9.71. The molecule has 0 bridgehead atoms. The highest BCUT2D eigenvalue weighted by Gasteiger charge is 2.47. The first-order chi connectivity index (χ1) is 10.6. The Morgan fingerprint density at radius 3 is 2.73 bits per heavy atom. The fourth-order valence-corrected chi connectivity index (χ4v) is 4.37. The summed E-state index contributed by atoms with van der Waals surface area (Å²) < 4.78 is 11.1. The van der Waals surface area contributed by atoms with E-state index in [2.05, 4.69) is 29.7 Å². The lowest BCUT2D eigenvalue weighted by molar-refractivity contribution is 0.0280. The van der Waals surface area contributed by atoms with E-state index in [1.165, 1.54) is 32.5 Å². The summed E-state index contributed by atoms with van der Waals surface area (Å²) in [6, 6.07) is 4.73. The molecule has 0 amide bonds. The van der Waals surface area contributed by atoms with Crippen LogP contribution in [0.2, 0.25) is 0 Å². The maximum atomic E-state index is 5.55. The fraction of sp³-hybridized carbons (Fsp3) is 0.778. The summed E-state index contributed by atoms with van der Waals surface area (Å²) in [6.45, 7) is 11.2. The molecule has 2 aliphatic heterocycles. The Hall–Kier alpha value is -0.840. The smallest absolute Gasteiger partial charge is 0.117 e. The maximum Gasteiger partial charge on any atom is 0.117 e. The van der Waals surface area contributed by atoms with Gasteiger partial charge >= 0.3 is 0 Å². The van der Waals surface area contributed by atoms with Crippen molar-refractivity contribution in [2.45, 2.75) is 39.3 Å². The van der Waals surface area contributed by atoms with Crippen LogP contribution in [0, 0.1) is 11.3 Å². The van der Waals surface area contributed by atoms with Gasteiger partial charge in [0.15, 0.2) is 0 Å². The van der Waals surface area contributed by atoms with Gasteiger partial charge in [-0.1, -0.05) is 0 Å². The summed E-state index contributed by atoms with van der Waals surface area (Å²) in [5.41, 5.74) is 0.438. The van der Waals surface area contributed by atoms with Crippen molar-refractivity contribution in [3.8, 4) is 0 Å². The molecule has 124 valence electrons. The Labute approximate surface area is 134 Å². The molecule has 0 unspecified atom stereocenters. The number of ether oxygens (including phenoxy) is 1. The van der Waals surface area contributed by atoms with Crippen molar-refractivity contribution < 1.29 is 9.15 Å². The zero-order valence-electron chi connectivity index (χ0n) is 14.3. The predicted molar refractivity (Wildman–Crippen MR) is 87.7 cm³/mol. The highest BCUT2D eigenvalue weighted by molar-refractivity contribution is 5.03. The van der Waals surface area contributed by atoms with Crippen LogP contribution in [0.15, 0.2) is 22.8 Å². The third-order valence-corrected chi connectivity index (χ3v) is 5.73. The van der Waals surface area contributed by atoms with E-state index in [1.807, 2.05) is 13.2 Å². The number of rotatable bonds is 5. The van der Waals surface area contributed by atoms with Crippen LogP contribution in [0.3, 0.4) is 0 Å². The van der Waals surface area contributed by atoms with Gasteiger partial charge < -0.3 is 14.1 Å². The van der Waals surface area contributed by atoms with E-state index in [1.54, 1.807) is 6.26 Å². The number of likely N-dealkylation sites (tertiary alicyclic amines) is 2. The van der Waals surface area contributed by atoms with Crippen molar-refractivity contribution in [2.24, 2.45) is 11.3 Å². The molecule has 3 heterocycles. The van der Waals surface area contributed by atoms with Crippen LogP contribution in [0.5, 0.6) is 0 Å². The molecule has 1 aromatic heterocycles. The van der Waals surface area contributed by atoms with E-state index in [-0.39, 0.29) is 0 Å². The van der Waals surface area contributed by atoms with Gasteiger partial charge in [0.2, 0.25) is 0 Å². The normalized spacial score (nSPS) is 26.3. The summed E-state index contributed by atoms with van der Waals surface area (Å²) in [5.74, 6) is 1.73. The number of furan rings is 1. The Kier molecular flexibility index (Phi) is 4.91. The molecule has 1 aromatic rings. The minimum atomic E-state index is 0.438. The largest absolute Gasteiger partial charge is 0.468 e. The van der Waals surface area contributed by atoms with Gasteiger partial charge in [0.25, 0.3) is 0 Å². The number of hydrogen-bond acceptors (Lipinski definition) is 4. The Bertz CT molecular complexity index is 450. The first kappa shape index (κ1) is 16.0. The SMILES string of the molecule is COC[C@@H]1CN(Cc2ccco2)CC12CCN(C(C)C)CC2. The fourth-order valence-electron chi connectivity index (χ4n) is 4.37. The molecule has 0 saturated carbocycles. The van der Waals surface area contributed by atoms with Gasteiger partial charge in [-0.2, -0.15) is 0 Å². The predicted octanol–water partition coefficient (Wildman–Crippen LogP) is 2.85. The number of methoxy groups -OCH3 is 1. The minimum absolute atomic E-state index is 0.438. The summed E-state index contributed by atoms with van der Waals surface area (Å²) in [7, 11) is 1.84. The van der Waals surface area contributed by atoms with E-state index in [0.717, 1.165) is 25.5 Å². The number of nitrogens with zero attached hydrogens (tertiary/aromatic N) is 2. The molecule has 2 aliphatic rings. The average molecular weight is 306 g/mol. The molecular weight excluding hydrogens is 276 g/mol. The van der Waals surface area contributed by atoms with Crippen LogP contribution in [0.1, 0.15) is 32.4 Å². The van der Waals surface area contributed by atoms with Crippen LogP contribution in [0.25, 0.3) is 0 Å². The topological polar surface area (TPSA) is 28.9 Å². The molecule has 2 saturated heterocycles. The first-order valence-corrected chi connectivity index (χ1v) is 8.61. The van der Waals surface area contributed by atoms with Gasteiger partial charge in [-0.15, -0.1) is 0 Å². The van der Waals surface area contributed by atoms with Gasteiger partial charge in [0.05, 0.1) is 19.4 Å². The molecule has 2 fully saturated rings. The van der Waals surface area contributed by atoms with E-state index < -0.39 is 0 Å². The number of piperidine rings is 1. The molecule has 4 heteroatoms. The Balaban J connectivity index is 1.66. The van der Waals surface area contributed by atoms with E-state index in [4.69, 9.17) is 9.15 Å². The molecule has 0 aromatic carbocycles. The second kappa shape index (κ2) is 6.73. The lowest BCUT2D eigenvalue weighted by Gasteiger charge is -2.44. The highest BCUT2D eigenvalue weighted by atomic mass is 16.5. The molecule has 0 radical (unpaired) electrons. The van der Waals surface area contributed by atoms with Gasteiger partial charge in [-0.05, 0) is 57.3 Å². The zero-order chi connectivity index (χ0) is 15.6. The lowest BCUT2D eigenvalue weighted by Crippen LogP contribution is -2.47. The third kappa shape index (κ3) is 3.24. The van der Waals surface area contributed by atoms with Crippen LogP contribution in [-0.2, 0) is 11.3 Å².